The van der Waals surface area contributed by atoms with Crippen LogP contribution in [0.25, 0.3) is 0 Å². The monoisotopic (exact) mass is 378 g/mol. The summed E-state index contributed by atoms with van der Waals surface area (Å²) in [6.07, 6.45) is 0.435. The number of hydrogen-bond donors (Lipinski definition) is 1. The van der Waals surface area contributed by atoms with Gasteiger partial charge in [0.25, 0.3) is 5.92 Å². The van der Waals surface area contributed by atoms with Gasteiger partial charge in [-0.1, -0.05) is 80.3 Å². The average molecular weight is 379 g/mol. The van der Waals surface area contributed by atoms with Gasteiger partial charge in [0.15, 0.2) is 0 Å². The highest BCUT2D eigenvalue weighted by atomic mass is 28.3. The predicted octanol–water partition coefficient (Wildman–Crippen LogP) is 5.08. The molecule has 2 rings (SSSR count). The lowest BCUT2D eigenvalue weighted by atomic mass is 10.0. The molecule has 0 heterocycles. The smallest absolute Gasteiger partial charge is 0.295 e. The van der Waals surface area contributed by atoms with Gasteiger partial charge in [-0.25, -0.2) is 8.78 Å². The number of aliphatic hydroxyl groups is 1. The maximum absolute atomic E-state index is 15.0. The van der Waals surface area contributed by atoms with E-state index in [1.165, 1.54) is 0 Å². The Kier molecular flexibility index (Phi) is 6.72. The molecule has 0 aromatic heterocycles. The number of alkyl halides is 2. The second-order valence-electron chi connectivity index (χ2n) is 7.78. The Morgan fingerprint density at radius 3 is 1.88 bits per heavy atom. The van der Waals surface area contributed by atoms with E-state index in [4.69, 9.17) is 4.74 Å². The quantitative estimate of drug-likeness (QED) is 0.617. The van der Waals surface area contributed by atoms with Crippen molar-refractivity contribution in [2.24, 2.45) is 0 Å². The third-order valence-electron chi connectivity index (χ3n) is 4.86. The molecule has 1 atom stereocenters. The highest BCUT2D eigenvalue weighted by Crippen LogP contribution is 2.40. The zero-order valence-corrected chi connectivity index (χ0v) is 16.7. The van der Waals surface area contributed by atoms with Gasteiger partial charge in [-0.05, 0) is 24.0 Å². The molecule has 0 amide bonds. The topological polar surface area (TPSA) is 29.5 Å². The average Bonchev–Trinajstić information content (AvgIpc) is 2.60. The van der Waals surface area contributed by atoms with E-state index in [1.54, 1.807) is 19.6 Å². The van der Waals surface area contributed by atoms with Crippen molar-refractivity contribution >= 4 is 8.07 Å². The van der Waals surface area contributed by atoms with E-state index in [1.807, 2.05) is 60.7 Å². The van der Waals surface area contributed by atoms with E-state index in [9.17, 15) is 5.11 Å². The second-order valence-corrected chi connectivity index (χ2v) is 13.1. The number of benzene rings is 2. The van der Waals surface area contributed by atoms with Crippen LogP contribution in [-0.2, 0) is 17.8 Å². The molecule has 0 aliphatic carbocycles. The van der Waals surface area contributed by atoms with Crippen molar-refractivity contribution in [2.45, 2.75) is 50.2 Å². The van der Waals surface area contributed by atoms with Gasteiger partial charge in [0.1, 0.15) is 11.8 Å². The third kappa shape index (κ3) is 4.99. The summed E-state index contributed by atoms with van der Waals surface area (Å²) in [7, 11) is -2.60. The van der Waals surface area contributed by atoms with Crippen molar-refractivity contribution in [3.8, 4) is 0 Å². The van der Waals surface area contributed by atoms with Crippen LogP contribution < -0.4 is 0 Å². The lowest BCUT2D eigenvalue weighted by Gasteiger charge is -2.44. The Morgan fingerprint density at radius 2 is 1.38 bits per heavy atom. The number of aryl methyl sites for hydroxylation is 1. The van der Waals surface area contributed by atoms with Gasteiger partial charge in [-0.15, -0.1) is 0 Å². The van der Waals surface area contributed by atoms with Gasteiger partial charge >= 0.3 is 0 Å². The van der Waals surface area contributed by atoms with Crippen molar-refractivity contribution in [3.05, 3.63) is 71.8 Å². The van der Waals surface area contributed by atoms with Gasteiger partial charge in [-0.2, -0.15) is 0 Å². The molecule has 0 bridgehead atoms. The molecule has 0 aliphatic heterocycles. The summed E-state index contributed by atoms with van der Waals surface area (Å²) in [5, 5.41) is 9.03. The molecule has 2 aromatic rings. The minimum atomic E-state index is -3.30. The van der Waals surface area contributed by atoms with Crippen molar-refractivity contribution in [3.63, 3.8) is 0 Å². The van der Waals surface area contributed by atoms with Crippen LogP contribution in [0, 0.1) is 0 Å². The standard InChI is InChI=1S/C21H28F2O2Si/c1-26(2,3)21(24,15-14-18-10-6-4-7-11-18)20(22,23)17-25-16-19-12-8-5-9-13-19/h4-13,24H,14-17H2,1-3H3. The second kappa shape index (κ2) is 8.42. The number of ether oxygens (including phenoxy) is 1. The van der Waals surface area contributed by atoms with Crippen LogP contribution in [0.15, 0.2) is 60.7 Å². The van der Waals surface area contributed by atoms with E-state index < -0.39 is 25.8 Å². The maximum Gasteiger partial charge on any atom is 0.295 e. The minimum Gasteiger partial charge on any atom is -0.387 e. The van der Waals surface area contributed by atoms with Crippen LogP contribution in [0.1, 0.15) is 17.5 Å². The molecule has 1 N–H and O–H groups in total. The molecule has 2 nitrogen and oxygen atoms in total. The third-order valence-corrected chi connectivity index (χ3v) is 7.96. The molecule has 2 aromatic carbocycles. The van der Waals surface area contributed by atoms with Crippen LogP contribution in [0.2, 0.25) is 19.6 Å². The van der Waals surface area contributed by atoms with Crippen molar-refractivity contribution < 1.29 is 18.6 Å². The lowest BCUT2D eigenvalue weighted by Crippen LogP contribution is -2.65. The fraction of sp³-hybridized carbons (Fsp3) is 0.429. The number of hydrogen-bond acceptors (Lipinski definition) is 2. The fourth-order valence-corrected chi connectivity index (χ4v) is 5.11. The van der Waals surface area contributed by atoms with E-state index in [2.05, 4.69) is 0 Å². The summed E-state index contributed by atoms with van der Waals surface area (Å²) in [6, 6.07) is 18.7. The highest BCUT2D eigenvalue weighted by molar-refractivity contribution is 6.79. The zero-order chi connectivity index (χ0) is 19.3. The Morgan fingerprint density at radius 1 is 0.885 bits per heavy atom. The normalized spacial score (nSPS) is 14.8. The minimum absolute atomic E-state index is 0.0223. The Hall–Kier alpha value is -1.56. The summed E-state index contributed by atoms with van der Waals surface area (Å²) >= 11 is 0. The molecule has 26 heavy (non-hydrogen) atoms. The molecule has 5 heteroatoms. The molecule has 0 saturated heterocycles. The molecular formula is C21H28F2O2Si. The first-order chi connectivity index (χ1) is 12.2. The molecule has 0 aliphatic rings. The van der Waals surface area contributed by atoms with E-state index >= 15 is 8.78 Å². The molecule has 0 fully saturated rings. The molecule has 0 spiro atoms. The van der Waals surface area contributed by atoms with Gasteiger partial charge < -0.3 is 9.84 Å². The van der Waals surface area contributed by atoms with Gasteiger partial charge in [-0.3, -0.25) is 0 Å². The molecule has 0 saturated carbocycles. The fourth-order valence-electron chi connectivity index (χ4n) is 3.07. The van der Waals surface area contributed by atoms with Crippen molar-refractivity contribution in [2.75, 3.05) is 6.61 Å². The highest BCUT2D eigenvalue weighted by Gasteiger charge is 2.59. The summed E-state index contributed by atoms with van der Waals surface area (Å²) in [5.74, 6) is -3.30. The summed E-state index contributed by atoms with van der Waals surface area (Å²) in [4.78, 5) is 0. The maximum atomic E-state index is 15.0. The van der Waals surface area contributed by atoms with Gasteiger partial charge in [0, 0.05) is 0 Å². The Labute approximate surface area is 155 Å². The van der Waals surface area contributed by atoms with Crippen LogP contribution in [0.4, 0.5) is 8.78 Å². The van der Waals surface area contributed by atoms with E-state index in [-0.39, 0.29) is 13.0 Å². The molecular weight excluding hydrogens is 350 g/mol. The lowest BCUT2D eigenvalue weighted by molar-refractivity contribution is -0.180. The Bertz CT molecular complexity index is 671. The van der Waals surface area contributed by atoms with E-state index in [0.717, 1.165) is 11.1 Å². The first-order valence-electron chi connectivity index (χ1n) is 8.91. The molecule has 0 radical (unpaired) electrons. The number of rotatable bonds is 9. The zero-order valence-electron chi connectivity index (χ0n) is 15.7. The van der Waals surface area contributed by atoms with Crippen LogP contribution in [0.3, 0.4) is 0 Å². The van der Waals surface area contributed by atoms with E-state index in [0.29, 0.717) is 6.42 Å². The summed E-state index contributed by atoms with van der Waals surface area (Å²) < 4.78 is 35.4. The van der Waals surface area contributed by atoms with Crippen LogP contribution in [-0.4, -0.2) is 30.9 Å². The predicted molar refractivity (Wildman–Crippen MR) is 104 cm³/mol. The summed E-state index contributed by atoms with van der Waals surface area (Å²) in [6.45, 7) is 4.67. The molecule has 142 valence electrons. The van der Waals surface area contributed by atoms with Gasteiger partial charge in [0.05, 0.1) is 14.7 Å². The number of halogens is 2. The Balaban J connectivity index is 2.07. The molecule has 1 unspecified atom stereocenters. The first kappa shape index (κ1) is 20.7. The SMILES string of the molecule is C[Si](C)(C)C(O)(CCc1ccccc1)C(F)(F)COCc1ccccc1. The van der Waals surface area contributed by atoms with Crippen molar-refractivity contribution in [1.29, 1.82) is 0 Å². The van der Waals surface area contributed by atoms with Crippen LogP contribution in [0.5, 0.6) is 0 Å². The first-order valence-corrected chi connectivity index (χ1v) is 12.4. The van der Waals surface area contributed by atoms with Gasteiger partial charge in [0.2, 0.25) is 0 Å². The largest absolute Gasteiger partial charge is 0.387 e. The summed E-state index contributed by atoms with van der Waals surface area (Å²) in [5.41, 5.74) is 1.79. The van der Waals surface area contributed by atoms with Crippen LogP contribution >= 0.6 is 0 Å². The van der Waals surface area contributed by atoms with Crippen molar-refractivity contribution in [1.82, 2.24) is 0 Å².